The molecule has 0 atom stereocenters. The van der Waals surface area contributed by atoms with Crippen LogP contribution in [0, 0.1) is 0 Å². The number of hydrogen-bond acceptors (Lipinski definition) is 4. The van der Waals surface area contributed by atoms with Crippen LogP contribution < -0.4 is 5.56 Å². The van der Waals surface area contributed by atoms with Crippen LogP contribution in [0.15, 0.2) is 39.8 Å². The number of carbonyl (C=O) groups is 1. The highest BCUT2D eigenvalue weighted by Gasteiger charge is 2.21. The minimum absolute atomic E-state index is 0.0464. The molecule has 0 N–H and O–H groups in total. The minimum Gasteiger partial charge on any atom is -0.448 e. The third kappa shape index (κ3) is 2.68. The Kier molecular flexibility index (Phi) is 4.13. The highest BCUT2D eigenvalue weighted by atomic mass is 16.3. The van der Waals surface area contributed by atoms with Crippen LogP contribution in [0.25, 0.3) is 22.1 Å². The number of carbonyl (C=O) groups excluding carboxylic acids is 1. The van der Waals surface area contributed by atoms with Gasteiger partial charge >= 0.3 is 0 Å². The van der Waals surface area contributed by atoms with Crippen molar-refractivity contribution >= 4 is 28.0 Å². The molecule has 24 heavy (non-hydrogen) atoms. The van der Waals surface area contributed by atoms with Crippen LogP contribution in [0.3, 0.4) is 0 Å². The summed E-state index contributed by atoms with van der Waals surface area (Å²) in [7, 11) is 0. The summed E-state index contributed by atoms with van der Waals surface area (Å²) in [4.78, 5) is 31.3. The lowest BCUT2D eigenvalue weighted by Crippen LogP contribution is -2.44. The van der Waals surface area contributed by atoms with Crippen molar-refractivity contribution in [2.75, 3.05) is 0 Å². The van der Waals surface area contributed by atoms with E-state index in [0.717, 1.165) is 5.39 Å². The first-order chi connectivity index (χ1) is 11.4. The quantitative estimate of drug-likeness (QED) is 0.739. The lowest BCUT2D eigenvalue weighted by Gasteiger charge is -2.30. The number of rotatable bonds is 4. The summed E-state index contributed by atoms with van der Waals surface area (Å²) in [6.07, 6.45) is 1.42. The molecule has 6 heteroatoms. The van der Waals surface area contributed by atoms with E-state index in [0.29, 0.717) is 11.1 Å². The van der Waals surface area contributed by atoms with Crippen molar-refractivity contribution < 1.29 is 9.21 Å². The first-order valence-corrected chi connectivity index (χ1v) is 8.08. The minimum atomic E-state index is -0.336. The van der Waals surface area contributed by atoms with E-state index in [-0.39, 0.29) is 35.7 Å². The predicted molar refractivity (Wildman–Crippen MR) is 92.9 cm³/mol. The highest BCUT2D eigenvalue weighted by Crippen LogP contribution is 2.24. The number of furan rings is 1. The Morgan fingerprint density at radius 1 is 1.21 bits per heavy atom. The Balaban J connectivity index is 2.02. The second kappa shape index (κ2) is 6.11. The van der Waals surface area contributed by atoms with Gasteiger partial charge in [0.2, 0.25) is 11.5 Å². The maximum atomic E-state index is 12.7. The summed E-state index contributed by atoms with van der Waals surface area (Å²) < 4.78 is 6.95. The van der Waals surface area contributed by atoms with Gasteiger partial charge in [0.15, 0.2) is 0 Å². The van der Waals surface area contributed by atoms with Gasteiger partial charge in [-0.3, -0.25) is 14.2 Å². The lowest BCUT2D eigenvalue weighted by molar-refractivity contribution is -0.135. The molecular formula is C18H21N3O3. The van der Waals surface area contributed by atoms with Gasteiger partial charge in [0.1, 0.15) is 17.6 Å². The van der Waals surface area contributed by atoms with E-state index >= 15 is 0 Å². The molecule has 0 aliphatic heterocycles. The van der Waals surface area contributed by atoms with E-state index in [9.17, 15) is 9.59 Å². The zero-order valence-electron chi connectivity index (χ0n) is 14.3. The van der Waals surface area contributed by atoms with Crippen molar-refractivity contribution in [2.24, 2.45) is 0 Å². The molecule has 0 fully saturated rings. The number of fused-ring (bicyclic) bond motifs is 3. The van der Waals surface area contributed by atoms with Gasteiger partial charge in [-0.2, -0.15) is 0 Å². The first-order valence-electron chi connectivity index (χ1n) is 8.08. The third-order valence-electron chi connectivity index (χ3n) is 4.06. The van der Waals surface area contributed by atoms with Crippen molar-refractivity contribution in [1.29, 1.82) is 0 Å². The van der Waals surface area contributed by atoms with Crippen LogP contribution in [0.1, 0.15) is 27.7 Å². The number of nitrogens with zero attached hydrogens (tertiary/aromatic N) is 3. The van der Waals surface area contributed by atoms with E-state index in [1.165, 1.54) is 10.9 Å². The molecule has 0 spiro atoms. The standard InChI is InChI=1S/C18H21N3O3/c1-11(2)21(12(3)4)15(22)9-20-10-19-16-13-7-5-6-8-14(13)24-17(16)18(20)23/h5-8,10-12H,9H2,1-4H3. The number of para-hydroxylation sites is 1. The number of aromatic nitrogens is 2. The molecule has 1 amide bonds. The Morgan fingerprint density at radius 3 is 2.54 bits per heavy atom. The van der Waals surface area contributed by atoms with Gasteiger partial charge < -0.3 is 9.32 Å². The zero-order valence-corrected chi connectivity index (χ0v) is 14.3. The Hall–Kier alpha value is -2.63. The molecular weight excluding hydrogens is 306 g/mol. The number of benzene rings is 1. The largest absolute Gasteiger partial charge is 0.448 e. The topological polar surface area (TPSA) is 68.3 Å². The van der Waals surface area contributed by atoms with Crippen LogP contribution in [0.4, 0.5) is 0 Å². The normalized spacial score (nSPS) is 11.8. The van der Waals surface area contributed by atoms with Gasteiger partial charge in [-0.25, -0.2) is 4.98 Å². The molecule has 2 heterocycles. The zero-order chi connectivity index (χ0) is 17.4. The van der Waals surface area contributed by atoms with E-state index < -0.39 is 0 Å². The van der Waals surface area contributed by atoms with E-state index in [4.69, 9.17) is 4.42 Å². The van der Waals surface area contributed by atoms with Crippen molar-refractivity contribution in [3.8, 4) is 0 Å². The Bertz CT molecular complexity index is 945. The molecule has 126 valence electrons. The van der Waals surface area contributed by atoms with Crippen LogP contribution in [-0.4, -0.2) is 32.4 Å². The molecule has 0 saturated heterocycles. The Morgan fingerprint density at radius 2 is 1.88 bits per heavy atom. The summed E-state index contributed by atoms with van der Waals surface area (Å²) in [5.41, 5.74) is 1.00. The number of hydrogen-bond donors (Lipinski definition) is 0. The summed E-state index contributed by atoms with van der Waals surface area (Å²) in [6.45, 7) is 7.79. The van der Waals surface area contributed by atoms with Crippen LogP contribution >= 0.6 is 0 Å². The highest BCUT2D eigenvalue weighted by molar-refractivity contribution is 6.01. The summed E-state index contributed by atoms with van der Waals surface area (Å²) in [6, 6.07) is 7.51. The molecule has 0 aliphatic carbocycles. The van der Waals surface area contributed by atoms with Crippen molar-refractivity contribution in [3.05, 3.63) is 40.9 Å². The van der Waals surface area contributed by atoms with Gasteiger partial charge in [-0.05, 0) is 39.8 Å². The van der Waals surface area contributed by atoms with E-state index in [1.54, 1.807) is 11.0 Å². The molecule has 2 aromatic heterocycles. The SMILES string of the molecule is CC(C)N(C(=O)Cn1cnc2c(oc3ccccc32)c1=O)C(C)C. The van der Waals surface area contributed by atoms with E-state index in [2.05, 4.69) is 4.98 Å². The fraction of sp³-hybridized carbons (Fsp3) is 0.389. The molecule has 3 rings (SSSR count). The van der Waals surface area contributed by atoms with Gasteiger partial charge in [0.05, 0.1) is 6.33 Å². The van der Waals surface area contributed by atoms with Crippen molar-refractivity contribution in [2.45, 2.75) is 46.3 Å². The fourth-order valence-corrected chi connectivity index (χ4v) is 3.13. The first kappa shape index (κ1) is 16.2. The van der Waals surface area contributed by atoms with Gasteiger partial charge in [0.25, 0.3) is 5.56 Å². The van der Waals surface area contributed by atoms with Crippen molar-refractivity contribution in [3.63, 3.8) is 0 Å². The Labute approximate surface area is 139 Å². The summed E-state index contributed by atoms with van der Waals surface area (Å²) in [5, 5.41) is 0.800. The molecule has 0 bridgehead atoms. The third-order valence-corrected chi connectivity index (χ3v) is 4.06. The maximum absolute atomic E-state index is 12.7. The maximum Gasteiger partial charge on any atom is 0.297 e. The fourth-order valence-electron chi connectivity index (χ4n) is 3.13. The second-order valence-corrected chi connectivity index (χ2v) is 6.44. The van der Waals surface area contributed by atoms with Crippen LogP contribution in [0.5, 0.6) is 0 Å². The number of amides is 1. The van der Waals surface area contributed by atoms with Crippen LogP contribution in [-0.2, 0) is 11.3 Å². The molecule has 0 aliphatic rings. The average Bonchev–Trinajstić information content (AvgIpc) is 2.89. The van der Waals surface area contributed by atoms with Crippen molar-refractivity contribution in [1.82, 2.24) is 14.5 Å². The molecule has 0 radical (unpaired) electrons. The lowest BCUT2D eigenvalue weighted by atomic mass is 10.2. The predicted octanol–water partition coefficient (Wildman–Crippen LogP) is 2.79. The second-order valence-electron chi connectivity index (χ2n) is 6.44. The van der Waals surface area contributed by atoms with Gasteiger partial charge in [0, 0.05) is 17.5 Å². The molecule has 0 saturated carbocycles. The molecule has 6 nitrogen and oxygen atoms in total. The van der Waals surface area contributed by atoms with E-state index in [1.807, 2.05) is 45.9 Å². The van der Waals surface area contributed by atoms with Gasteiger partial charge in [-0.15, -0.1) is 0 Å². The monoisotopic (exact) mass is 327 g/mol. The average molecular weight is 327 g/mol. The van der Waals surface area contributed by atoms with Crippen LogP contribution in [0.2, 0.25) is 0 Å². The summed E-state index contributed by atoms with van der Waals surface area (Å²) >= 11 is 0. The smallest absolute Gasteiger partial charge is 0.297 e. The molecule has 0 unspecified atom stereocenters. The van der Waals surface area contributed by atoms with Gasteiger partial charge in [-0.1, -0.05) is 12.1 Å². The summed E-state index contributed by atoms with van der Waals surface area (Å²) in [5.74, 6) is -0.112. The molecule has 3 aromatic rings. The molecule has 1 aromatic carbocycles.